The highest BCUT2D eigenvalue weighted by molar-refractivity contribution is 5.94. The maximum Gasteiger partial charge on any atom is 0.243 e. The van der Waals surface area contributed by atoms with E-state index < -0.39 is 23.5 Å². The van der Waals surface area contributed by atoms with E-state index in [2.05, 4.69) is 21.3 Å². The molecular formula is C30H38N4O4. The number of rotatable bonds is 2. The topological polar surface area (TPSA) is 109 Å². The van der Waals surface area contributed by atoms with Gasteiger partial charge in [-0.1, -0.05) is 73.0 Å². The number of hydrogen-bond donors (Lipinski definition) is 4. The second-order valence-electron chi connectivity index (χ2n) is 10.2. The van der Waals surface area contributed by atoms with Crippen LogP contribution in [0.5, 0.6) is 5.75 Å². The first-order chi connectivity index (χ1) is 18.4. The van der Waals surface area contributed by atoms with Crippen molar-refractivity contribution in [2.24, 2.45) is 0 Å². The molecule has 4 N–H and O–H groups in total. The second kappa shape index (κ2) is 12.7. The van der Waals surface area contributed by atoms with Crippen LogP contribution in [0.1, 0.15) is 49.3 Å². The molecule has 0 saturated heterocycles. The van der Waals surface area contributed by atoms with Crippen molar-refractivity contribution in [2.45, 2.75) is 63.6 Å². The number of nitrogens with one attached hydrogen (secondary N) is 4. The lowest BCUT2D eigenvalue weighted by Gasteiger charge is -2.31. The van der Waals surface area contributed by atoms with Gasteiger partial charge in [0, 0.05) is 25.1 Å². The van der Waals surface area contributed by atoms with Crippen molar-refractivity contribution in [1.82, 2.24) is 21.3 Å². The zero-order valence-electron chi connectivity index (χ0n) is 22.2. The largest absolute Gasteiger partial charge is 0.492 e. The number of para-hydroxylation sites is 1. The smallest absolute Gasteiger partial charge is 0.243 e. The fourth-order valence-corrected chi connectivity index (χ4v) is 5.11. The molecule has 1 saturated carbocycles. The zero-order chi connectivity index (χ0) is 27.0. The molecule has 2 aliphatic rings. The number of aryl methyl sites for hydroxylation is 1. The van der Waals surface area contributed by atoms with Crippen molar-refractivity contribution >= 4 is 23.8 Å². The first kappa shape index (κ1) is 27.4. The van der Waals surface area contributed by atoms with E-state index in [1.165, 1.54) is 0 Å². The van der Waals surface area contributed by atoms with E-state index >= 15 is 0 Å². The molecule has 1 heterocycles. The van der Waals surface area contributed by atoms with Gasteiger partial charge in [-0.05, 0) is 38.3 Å². The van der Waals surface area contributed by atoms with Crippen LogP contribution in [-0.2, 0) is 20.8 Å². The van der Waals surface area contributed by atoms with Crippen molar-refractivity contribution in [2.75, 3.05) is 19.7 Å². The van der Waals surface area contributed by atoms with Gasteiger partial charge in [-0.15, -0.1) is 0 Å². The minimum absolute atomic E-state index is 0.193. The monoisotopic (exact) mass is 518 g/mol. The summed E-state index contributed by atoms with van der Waals surface area (Å²) in [6.45, 7) is 4.83. The van der Waals surface area contributed by atoms with E-state index in [1.807, 2.05) is 67.6 Å². The Morgan fingerprint density at radius 3 is 2.55 bits per heavy atom. The van der Waals surface area contributed by atoms with Crippen molar-refractivity contribution in [3.8, 4) is 5.75 Å². The van der Waals surface area contributed by atoms with Crippen molar-refractivity contribution in [1.29, 1.82) is 0 Å². The molecule has 8 heteroatoms. The van der Waals surface area contributed by atoms with E-state index in [9.17, 15) is 14.4 Å². The van der Waals surface area contributed by atoms with Gasteiger partial charge in [-0.2, -0.15) is 0 Å². The Bertz CT molecular complexity index is 1170. The van der Waals surface area contributed by atoms with Gasteiger partial charge >= 0.3 is 0 Å². The lowest BCUT2D eigenvalue weighted by Crippen LogP contribution is -2.60. The summed E-state index contributed by atoms with van der Waals surface area (Å²) >= 11 is 0. The maximum absolute atomic E-state index is 13.4. The van der Waals surface area contributed by atoms with Crippen LogP contribution in [0.15, 0.2) is 54.6 Å². The van der Waals surface area contributed by atoms with Gasteiger partial charge in [0.15, 0.2) is 0 Å². The summed E-state index contributed by atoms with van der Waals surface area (Å²) in [4.78, 5) is 39.7. The SMILES string of the molecule is Cc1cccc(C[C@H]2NC(=O)[C@@H](C)NC(=O)C3(CCCC3)NCCOc3ccccc3/C=C/CNC2=O)c1. The molecule has 1 aliphatic carbocycles. The third-order valence-corrected chi connectivity index (χ3v) is 7.22. The molecule has 0 unspecified atom stereocenters. The first-order valence-electron chi connectivity index (χ1n) is 13.4. The van der Waals surface area contributed by atoms with Crippen LogP contribution in [0.2, 0.25) is 0 Å². The quantitative estimate of drug-likeness (QED) is 0.489. The first-order valence-corrected chi connectivity index (χ1v) is 13.4. The molecule has 3 amide bonds. The summed E-state index contributed by atoms with van der Waals surface area (Å²) < 4.78 is 6.03. The number of amides is 3. The predicted octanol–water partition coefficient (Wildman–Crippen LogP) is 2.65. The molecule has 0 bridgehead atoms. The third kappa shape index (κ3) is 7.01. The normalized spacial score (nSPS) is 23.7. The van der Waals surface area contributed by atoms with Gasteiger partial charge in [-0.25, -0.2) is 0 Å². The summed E-state index contributed by atoms with van der Waals surface area (Å²) in [5.74, 6) is -0.140. The molecule has 8 nitrogen and oxygen atoms in total. The highest BCUT2D eigenvalue weighted by Gasteiger charge is 2.41. The summed E-state index contributed by atoms with van der Waals surface area (Å²) in [6.07, 6.45) is 7.39. The maximum atomic E-state index is 13.4. The molecule has 202 valence electrons. The average Bonchev–Trinajstić information content (AvgIpc) is 3.39. The number of carbonyl (C=O) groups excluding carboxylic acids is 3. The Morgan fingerprint density at radius 1 is 0.974 bits per heavy atom. The molecule has 1 spiro atoms. The van der Waals surface area contributed by atoms with Crippen LogP contribution in [0.25, 0.3) is 6.08 Å². The van der Waals surface area contributed by atoms with E-state index in [4.69, 9.17) is 4.74 Å². The minimum Gasteiger partial charge on any atom is -0.492 e. The Morgan fingerprint density at radius 2 is 1.76 bits per heavy atom. The van der Waals surface area contributed by atoms with Gasteiger partial charge in [0.1, 0.15) is 24.4 Å². The molecule has 2 atom stereocenters. The molecular weight excluding hydrogens is 480 g/mol. The summed E-state index contributed by atoms with van der Waals surface area (Å²) in [6, 6.07) is 14.0. The van der Waals surface area contributed by atoms with Crippen LogP contribution in [0.4, 0.5) is 0 Å². The predicted molar refractivity (Wildman–Crippen MR) is 148 cm³/mol. The van der Waals surface area contributed by atoms with Gasteiger partial charge in [0.2, 0.25) is 17.7 Å². The summed E-state index contributed by atoms with van der Waals surface area (Å²) in [5.41, 5.74) is 2.18. The van der Waals surface area contributed by atoms with Gasteiger partial charge in [0.25, 0.3) is 0 Å². The highest BCUT2D eigenvalue weighted by atomic mass is 16.5. The Kier molecular flexibility index (Phi) is 9.18. The molecule has 1 aliphatic heterocycles. The average molecular weight is 519 g/mol. The summed E-state index contributed by atoms with van der Waals surface area (Å²) in [5, 5.41) is 12.1. The van der Waals surface area contributed by atoms with Crippen LogP contribution >= 0.6 is 0 Å². The molecule has 2 aromatic carbocycles. The van der Waals surface area contributed by atoms with Gasteiger partial charge < -0.3 is 20.7 Å². The van der Waals surface area contributed by atoms with Crippen molar-refractivity contribution in [3.63, 3.8) is 0 Å². The van der Waals surface area contributed by atoms with E-state index in [1.54, 1.807) is 6.92 Å². The van der Waals surface area contributed by atoms with E-state index in [0.717, 1.165) is 35.3 Å². The molecule has 0 radical (unpaired) electrons. The van der Waals surface area contributed by atoms with Crippen LogP contribution in [0, 0.1) is 6.92 Å². The van der Waals surface area contributed by atoms with Crippen LogP contribution in [0.3, 0.4) is 0 Å². The van der Waals surface area contributed by atoms with Crippen LogP contribution in [-0.4, -0.2) is 55.0 Å². The van der Waals surface area contributed by atoms with Crippen LogP contribution < -0.4 is 26.0 Å². The van der Waals surface area contributed by atoms with Gasteiger partial charge in [-0.3, -0.25) is 19.7 Å². The lowest BCUT2D eigenvalue weighted by atomic mass is 9.95. The number of ether oxygens (including phenoxy) is 1. The van der Waals surface area contributed by atoms with E-state index in [-0.39, 0.29) is 11.8 Å². The number of benzene rings is 2. The number of hydrogen-bond acceptors (Lipinski definition) is 5. The fraction of sp³-hybridized carbons (Fsp3) is 0.433. The van der Waals surface area contributed by atoms with E-state index in [0.29, 0.717) is 39.0 Å². The molecule has 0 aromatic heterocycles. The summed E-state index contributed by atoms with van der Waals surface area (Å²) in [7, 11) is 0. The van der Waals surface area contributed by atoms with Crippen molar-refractivity contribution < 1.29 is 19.1 Å². The Labute approximate surface area is 224 Å². The van der Waals surface area contributed by atoms with Gasteiger partial charge in [0.05, 0.1) is 5.54 Å². The molecule has 38 heavy (non-hydrogen) atoms. The highest BCUT2D eigenvalue weighted by Crippen LogP contribution is 2.30. The second-order valence-corrected chi connectivity index (χ2v) is 10.2. The molecule has 4 rings (SSSR count). The Hall–Kier alpha value is -3.65. The third-order valence-electron chi connectivity index (χ3n) is 7.22. The minimum atomic E-state index is -0.795. The fourth-order valence-electron chi connectivity index (χ4n) is 5.11. The zero-order valence-corrected chi connectivity index (χ0v) is 22.2. The molecule has 2 aromatic rings. The Balaban J connectivity index is 1.58. The standard InChI is InChI=1S/C30H38N4O4/c1-21-9-7-10-23(19-21)20-25-28(36)31-16-8-12-24-11-3-4-13-26(24)38-18-17-32-30(14-5-6-15-30)29(37)33-22(2)27(35)34-25/h3-4,7-13,19,22,25,32H,5-6,14-18,20H2,1-2H3,(H,31,36)(H,33,37)(H,34,35)/b12-8+/t22-,25-/m1/s1. The van der Waals surface area contributed by atoms with Crippen molar-refractivity contribution in [3.05, 3.63) is 71.3 Å². The lowest BCUT2D eigenvalue weighted by molar-refractivity contribution is -0.134. The number of fused-ring (bicyclic) bond motifs is 1. The number of carbonyl (C=O) groups is 3. The molecule has 1 fully saturated rings.